The molecule has 0 aromatic rings. The fourth-order valence-corrected chi connectivity index (χ4v) is 10.4. The number of nitrogens with zero attached hydrogens (tertiary/aromatic N) is 1. The Kier molecular flexibility index (Phi) is 20.0. The summed E-state index contributed by atoms with van der Waals surface area (Å²) in [6.45, 7) is 17.1. The number of aliphatic hydroxyl groups is 4. The molecule has 3 aliphatic heterocycles. The lowest BCUT2D eigenvalue weighted by molar-refractivity contribution is -0.265. The molecule has 2 bridgehead atoms. The van der Waals surface area contributed by atoms with Crippen LogP contribution >= 0.6 is 0 Å². The number of allylic oxidation sites excluding steroid dienone is 6. The first-order valence-electron chi connectivity index (χ1n) is 23.9. The van der Waals surface area contributed by atoms with Crippen LogP contribution in [0.4, 0.5) is 0 Å². The molecule has 12 nitrogen and oxygen atoms in total. The molecule has 4 rings (SSSR count). The van der Waals surface area contributed by atoms with Crippen LogP contribution in [0.15, 0.2) is 47.6 Å². The van der Waals surface area contributed by atoms with Gasteiger partial charge in [0.2, 0.25) is 5.79 Å². The van der Waals surface area contributed by atoms with Gasteiger partial charge in [-0.15, -0.1) is 0 Å². The lowest BCUT2D eigenvalue weighted by Gasteiger charge is -2.42. The monoisotopic (exact) mass is 884 g/mol. The van der Waals surface area contributed by atoms with Crippen molar-refractivity contribution in [2.45, 2.75) is 188 Å². The van der Waals surface area contributed by atoms with Crippen LogP contribution in [-0.2, 0) is 33.4 Å². The van der Waals surface area contributed by atoms with Gasteiger partial charge in [-0.25, -0.2) is 4.79 Å². The molecular formula is C51H81NO11. The number of carbonyl (C=O) groups excluding carboxylic acids is 4. The average molecular weight is 884 g/mol. The van der Waals surface area contributed by atoms with Crippen LogP contribution in [0.25, 0.3) is 0 Å². The Bertz CT molecular complexity index is 1670. The Morgan fingerprint density at radius 1 is 0.857 bits per heavy atom. The van der Waals surface area contributed by atoms with Crippen molar-refractivity contribution >= 4 is 23.4 Å². The number of methoxy groups -OCH3 is 1. The van der Waals surface area contributed by atoms with E-state index in [1.165, 1.54) is 4.90 Å². The fraction of sp³-hybridized carbons (Fsp3) is 0.765. The lowest BCUT2D eigenvalue weighted by Crippen LogP contribution is -2.61. The minimum atomic E-state index is -2.40. The van der Waals surface area contributed by atoms with Crippen molar-refractivity contribution < 1.29 is 53.8 Å². The lowest BCUT2D eigenvalue weighted by atomic mass is 9.75. The number of aliphatic hydroxyl groups excluding tert-OH is 3. The molecule has 356 valence electrons. The van der Waals surface area contributed by atoms with Crippen LogP contribution in [0.2, 0.25) is 0 Å². The van der Waals surface area contributed by atoms with Crippen LogP contribution in [0.1, 0.15) is 139 Å². The average Bonchev–Trinajstić information content (AvgIpc) is 3.25. The van der Waals surface area contributed by atoms with Crippen molar-refractivity contribution in [3.05, 3.63) is 47.6 Å². The number of ketones is 2. The highest BCUT2D eigenvalue weighted by Crippen LogP contribution is 2.38. The highest BCUT2D eigenvalue weighted by atomic mass is 16.6. The molecule has 1 aliphatic carbocycles. The van der Waals surface area contributed by atoms with Gasteiger partial charge < -0.3 is 39.5 Å². The van der Waals surface area contributed by atoms with Crippen molar-refractivity contribution in [2.75, 3.05) is 13.7 Å². The number of hydrogen-bond donors (Lipinski definition) is 4. The molecule has 1 saturated carbocycles. The third-order valence-corrected chi connectivity index (χ3v) is 14.9. The zero-order valence-corrected chi connectivity index (χ0v) is 39.9. The second kappa shape index (κ2) is 24.0. The summed E-state index contributed by atoms with van der Waals surface area (Å²) in [4.78, 5) is 58.0. The molecule has 0 aromatic heterocycles. The van der Waals surface area contributed by atoms with Crippen LogP contribution in [0.5, 0.6) is 0 Å². The van der Waals surface area contributed by atoms with Crippen LogP contribution in [-0.4, -0.2) is 111 Å². The minimum absolute atomic E-state index is 0.0993. The summed E-state index contributed by atoms with van der Waals surface area (Å²) in [5, 5.41) is 45.1. The summed E-state index contributed by atoms with van der Waals surface area (Å²) in [7, 11) is 1.59. The van der Waals surface area contributed by atoms with Gasteiger partial charge in [0.25, 0.3) is 11.7 Å². The molecular weight excluding hydrogens is 803 g/mol. The van der Waals surface area contributed by atoms with Crippen molar-refractivity contribution in [1.82, 2.24) is 4.90 Å². The number of esters is 1. The van der Waals surface area contributed by atoms with E-state index in [-0.39, 0.29) is 67.0 Å². The van der Waals surface area contributed by atoms with Crippen molar-refractivity contribution in [1.29, 1.82) is 0 Å². The van der Waals surface area contributed by atoms with Gasteiger partial charge in [0.1, 0.15) is 17.9 Å². The van der Waals surface area contributed by atoms with E-state index >= 15 is 0 Å². The predicted octanol–water partition coefficient (Wildman–Crippen LogP) is 7.21. The second-order valence-electron chi connectivity index (χ2n) is 20.2. The molecule has 0 spiro atoms. The van der Waals surface area contributed by atoms with Gasteiger partial charge in [0.15, 0.2) is 0 Å². The number of cyclic esters (lactones) is 1. The van der Waals surface area contributed by atoms with Crippen molar-refractivity contribution in [2.24, 2.45) is 47.3 Å². The SMILES string of the molecule is CO[C@H]1C[C@@H]2CC[C@@H](C)[C@@](O)(O2)C(=O)C(=O)N2CCCC[C@H]2C(=O)OC([C@H](C)C[C@@H]2CC[C@@H](O)[C@H](C)C2)CC(=O)[C@H](C)/C=C(\C)[C@@H](O)[C@@H](C)[C@@H](O)[C@H](C)C[C@H](C)/C=C/C=CC=C1C. The van der Waals surface area contributed by atoms with E-state index in [9.17, 15) is 39.6 Å². The van der Waals surface area contributed by atoms with E-state index in [4.69, 9.17) is 14.2 Å². The third-order valence-electron chi connectivity index (χ3n) is 14.9. The van der Waals surface area contributed by atoms with E-state index in [2.05, 4.69) is 13.0 Å². The molecule has 4 N–H and O–H groups in total. The number of amides is 1. The van der Waals surface area contributed by atoms with E-state index in [0.29, 0.717) is 56.9 Å². The normalized spacial score (nSPS) is 41.1. The molecule has 4 aliphatic rings. The van der Waals surface area contributed by atoms with Crippen molar-refractivity contribution in [3.8, 4) is 0 Å². The predicted molar refractivity (Wildman–Crippen MR) is 243 cm³/mol. The van der Waals surface area contributed by atoms with Gasteiger partial charge >= 0.3 is 5.97 Å². The fourth-order valence-electron chi connectivity index (χ4n) is 10.4. The Morgan fingerprint density at radius 2 is 1.57 bits per heavy atom. The number of hydrogen-bond acceptors (Lipinski definition) is 11. The maximum absolute atomic E-state index is 14.3. The van der Waals surface area contributed by atoms with Gasteiger partial charge in [-0.2, -0.15) is 0 Å². The first-order chi connectivity index (χ1) is 29.7. The van der Waals surface area contributed by atoms with Crippen molar-refractivity contribution in [3.63, 3.8) is 0 Å². The molecule has 0 aromatic carbocycles. The Hall–Kier alpha value is -3.00. The summed E-state index contributed by atoms with van der Waals surface area (Å²) in [6, 6.07) is -1.10. The summed E-state index contributed by atoms with van der Waals surface area (Å²) < 4.78 is 18.3. The number of fused-ring (bicyclic) bond motifs is 3. The largest absolute Gasteiger partial charge is 0.460 e. The minimum Gasteiger partial charge on any atom is -0.460 e. The van der Waals surface area contributed by atoms with Crippen LogP contribution in [0.3, 0.4) is 0 Å². The first-order valence-corrected chi connectivity index (χ1v) is 23.9. The first kappa shape index (κ1) is 52.6. The van der Waals surface area contributed by atoms with Crippen LogP contribution < -0.4 is 0 Å². The van der Waals surface area contributed by atoms with Gasteiger partial charge in [-0.05, 0) is 119 Å². The maximum atomic E-state index is 14.3. The molecule has 1 unspecified atom stereocenters. The number of carbonyl (C=O) groups is 4. The van der Waals surface area contributed by atoms with Gasteiger partial charge in [0.05, 0.1) is 30.5 Å². The zero-order valence-electron chi connectivity index (χ0n) is 39.9. The molecule has 12 heteroatoms. The van der Waals surface area contributed by atoms with Gasteiger partial charge in [0, 0.05) is 44.2 Å². The number of piperidine rings is 1. The molecule has 0 radical (unpaired) electrons. The Balaban J connectivity index is 1.68. The van der Waals surface area contributed by atoms with E-state index in [1.54, 1.807) is 34.0 Å². The topological polar surface area (TPSA) is 180 Å². The molecule has 3 heterocycles. The number of Topliss-reactive ketones (excluding diaryl/α,β-unsaturated/α-hetero) is 2. The molecule has 1 amide bonds. The highest BCUT2D eigenvalue weighted by Gasteiger charge is 2.53. The summed E-state index contributed by atoms with van der Waals surface area (Å²) in [5.74, 6) is -7.08. The summed E-state index contributed by atoms with van der Waals surface area (Å²) in [6.07, 6.45) is 13.9. The summed E-state index contributed by atoms with van der Waals surface area (Å²) in [5.41, 5.74) is 1.48. The van der Waals surface area contributed by atoms with Crippen LogP contribution in [0, 0.1) is 47.3 Å². The molecule has 16 atom stereocenters. The summed E-state index contributed by atoms with van der Waals surface area (Å²) >= 11 is 0. The zero-order chi connectivity index (χ0) is 46.8. The molecule has 2 saturated heterocycles. The highest BCUT2D eigenvalue weighted by molar-refractivity contribution is 6.39. The standard InChI is InChI=1S/C51H81NO11/c1-30-16-12-11-13-17-31(2)44(61-10)28-40-21-19-37(8)51(60,63-40)48(57)49(58)52-23-15-14-18-41(52)50(59)62-45(34(5)27-39-20-22-42(53)33(4)26-39)29-43(54)32(3)25-36(7)47(56)38(9)46(55)35(6)24-30/h11-13,16-17,25,30,32-35,37-42,44-47,53,55-56,60H,14-15,18-24,26-29H2,1-10H3/b13-11?,16-12+,31-17?,36-25+/t30-,32-,33-,34-,35-,37-,38+,39-,40+,41+,42-,44+,45?,46+,47-,51-/m1/s1. The van der Waals surface area contributed by atoms with Gasteiger partial charge in [-0.1, -0.05) is 84.9 Å². The van der Waals surface area contributed by atoms with E-state index in [0.717, 1.165) is 18.4 Å². The second-order valence-corrected chi connectivity index (χ2v) is 20.2. The van der Waals surface area contributed by atoms with E-state index < -0.39 is 71.7 Å². The number of rotatable bonds is 4. The Morgan fingerprint density at radius 3 is 2.25 bits per heavy atom. The maximum Gasteiger partial charge on any atom is 0.329 e. The van der Waals surface area contributed by atoms with Gasteiger partial charge in [-0.3, -0.25) is 14.4 Å². The Labute approximate surface area is 377 Å². The quantitative estimate of drug-likeness (QED) is 0.127. The third kappa shape index (κ3) is 14.0. The molecule has 63 heavy (non-hydrogen) atoms. The molecule has 3 fully saturated rings. The number of ether oxygens (including phenoxy) is 3. The smallest absolute Gasteiger partial charge is 0.329 e. The van der Waals surface area contributed by atoms with E-state index in [1.807, 2.05) is 58.9 Å².